The summed E-state index contributed by atoms with van der Waals surface area (Å²) >= 11 is 0. The lowest BCUT2D eigenvalue weighted by molar-refractivity contribution is 0.397. The highest BCUT2D eigenvalue weighted by Crippen LogP contribution is 2.15. The number of nitrogens with zero attached hydrogens (tertiary/aromatic N) is 5. The molecule has 0 radical (unpaired) electrons. The zero-order valence-corrected chi connectivity index (χ0v) is 11.2. The van der Waals surface area contributed by atoms with E-state index < -0.39 is 0 Å². The molecular formula is C12H16N6O. The van der Waals surface area contributed by atoms with E-state index in [1.807, 2.05) is 11.9 Å². The highest BCUT2D eigenvalue weighted by atomic mass is 16.5. The Hall–Kier alpha value is -2.44. The molecular weight excluding hydrogens is 244 g/mol. The molecule has 7 nitrogen and oxygen atoms in total. The second-order valence-electron chi connectivity index (χ2n) is 3.94. The number of nitrogens with one attached hydrogen (secondary N) is 1. The molecule has 0 fully saturated rings. The lowest BCUT2D eigenvalue weighted by Gasteiger charge is -2.17. The number of hydrogen-bond donors (Lipinski definition) is 1. The van der Waals surface area contributed by atoms with E-state index in [-0.39, 0.29) is 0 Å². The second-order valence-corrected chi connectivity index (χ2v) is 3.94. The van der Waals surface area contributed by atoms with Crippen molar-refractivity contribution in [1.82, 2.24) is 19.9 Å². The van der Waals surface area contributed by atoms with E-state index >= 15 is 0 Å². The van der Waals surface area contributed by atoms with Gasteiger partial charge in [-0.05, 0) is 0 Å². The van der Waals surface area contributed by atoms with Gasteiger partial charge in [0.05, 0.1) is 7.11 Å². The highest BCUT2D eigenvalue weighted by molar-refractivity contribution is 5.40. The molecule has 0 spiro atoms. The Kier molecular flexibility index (Phi) is 4.07. The lowest BCUT2D eigenvalue weighted by Crippen LogP contribution is -2.18. The summed E-state index contributed by atoms with van der Waals surface area (Å²) in [6.07, 6.45) is 5.05. The maximum absolute atomic E-state index is 5.07. The van der Waals surface area contributed by atoms with Gasteiger partial charge in [0.2, 0.25) is 11.8 Å². The lowest BCUT2D eigenvalue weighted by atomic mass is 10.3. The van der Waals surface area contributed by atoms with E-state index in [9.17, 15) is 0 Å². The maximum atomic E-state index is 5.07. The van der Waals surface area contributed by atoms with Crippen molar-refractivity contribution in [3.05, 3.63) is 30.4 Å². The summed E-state index contributed by atoms with van der Waals surface area (Å²) < 4.78 is 5.07. The van der Waals surface area contributed by atoms with Crippen LogP contribution in [0.4, 0.5) is 11.8 Å². The Morgan fingerprint density at radius 2 is 1.95 bits per heavy atom. The summed E-state index contributed by atoms with van der Waals surface area (Å²) in [6, 6.07) is 1.78. The van der Waals surface area contributed by atoms with Gasteiger partial charge in [0.15, 0.2) is 0 Å². The zero-order chi connectivity index (χ0) is 13.7. The number of rotatable bonds is 5. The molecule has 0 unspecified atom stereocenters. The maximum Gasteiger partial charge on any atom is 0.222 e. The smallest absolute Gasteiger partial charge is 0.222 e. The van der Waals surface area contributed by atoms with Crippen LogP contribution in [-0.4, -0.2) is 41.1 Å². The Morgan fingerprint density at radius 3 is 2.58 bits per heavy atom. The van der Waals surface area contributed by atoms with Gasteiger partial charge in [-0.2, -0.15) is 0 Å². The number of methoxy groups -OCH3 is 1. The number of aromatic nitrogens is 4. The molecule has 1 N–H and O–H groups in total. The molecule has 2 heterocycles. The second kappa shape index (κ2) is 5.94. The fourth-order valence-corrected chi connectivity index (χ4v) is 1.57. The summed E-state index contributed by atoms with van der Waals surface area (Å²) in [4.78, 5) is 18.5. The van der Waals surface area contributed by atoms with Gasteiger partial charge < -0.3 is 15.0 Å². The first kappa shape index (κ1) is 13.0. The van der Waals surface area contributed by atoms with Crippen LogP contribution in [0.2, 0.25) is 0 Å². The third kappa shape index (κ3) is 3.27. The van der Waals surface area contributed by atoms with Crippen LogP contribution >= 0.6 is 0 Å². The summed E-state index contributed by atoms with van der Waals surface area (Å²) in [7, 11) is 5.30. The molecule has 0 saturated carbocycles. The predicted molar refractivity (Wildman–Crippen MR) is 72.3 cm³/mol. The van der Waals surface area contributed by atoms with Crippen molar-refractivity contribution < 1.29 is 4.74 Å². The normalized spacial score (nSPS) is 10.1. The highest BCUT2D eigenvalue weighted by Gasteiger charge is 2.06. The molecule has 0 bridgehead atoms. The van der Waals surface area contributed by atoms with Crippen molar-refractivity contribution in [3.63, 3.8) is 0 Å². The molecule has 0 amide bonds. The minimum atomic E-state index is 0.540. The third-order valence-electron chi connectivity index (χ3n) is 2.58. The van der Waals surface area contributed by atoms with Crippen molar-refractivity contribution in [1.29, 1.82) is 0 Å². The van der Waals surface area contributed by atoms with E-state index in [1.165, 1.54) is 6.33 Å². The van der Waals surface area contributed by atoms with Crippen LogP contribution in [0.5, 0.6) is 5.88 Å². The van der Waals surface area contributed by atoms with E-state index in [4.69, 9.17) is 4.74 Å². The van der Waals surface area contributed by atoms with E-state index in [0.29, 0.717) is 18.4 Å². The van der Waals surface area contributed by atoms with Crippen molar-refractivity contribution in [2.24, 2.45) is 0 Å². The van der Waals surface area contributed by atoms with Crippen LogP contribution in [0, 0.1) is 0 Å². The van der Waals surface area contributed by atoms with Crippen molar-refractivity contribution in [2.45, 2.75) is 6.54 Å². The first-order chi connectivity index (χ1) is 9.22. The monoisotopic (exact) mass is 260 g/mol. The average molecular weight is 260 g/mol. The summed E-state index contributed by atoms with van der Waals surface area (Å²) in [5.74, 6) is 1.93. The quantitative estimate of drug-likeness (QED) is 0.857. The fraction of sp³-hybridized carbons (Fsp3) is 0.333. The predicted octanol–water partition coefficient (Wildman–Crippen LogP) is 0.953. The van der Waals surface area contributed by atoms with Crippen molar-refractivity contribution in [3.8, 4) is 5.88 Å². The van der Waals surface area contributed by atoms with Gasteiger partial charge in [0.25, 0.3) is 0 Å². The van der Waals surface area contributed by atoms with Crippen LogP contribution in [0.25, 0.3) is 0 Å². The minimum absolute atomic E-state index is 0.540. The Morgan fingerprint density at radius 1 is 1.21 bits per heavy atom. The number of ether oxygens (including phenoxy) is 1. The first-order valence-corrected chi connectivity index (χ1v) is 5.78. The van der Waals surface area contributed by atoms with Gasteiger partial charge in [-0.15, -0.1) is 0 Å². The molecule has 0 aliphatic rings. The first-order valence-electron chi connectivity index (χ1n) is 5.78. The molecule has 0 aliphatic carbocycles. The van der Waals surface area contributed by atoms with E-state index in [0.717, 1.165) is 11.4 Å². The van der Waals surface area contributed by atoms with Gasteiger partial charge >= 0.3 is 0 Å². The Balaban J connectivity index is 2.08. The third-order valence-corrected chi connectivity index (χ3v) is 2.58. The van der Waals surface area contributed by atoms with E-state index in [1.54, 1.807) is 32.6 Å². The van der Waals surface area contributed by atoms with Gasteiger partial charge in [0, 0.05) is 44.7 Å². The van der Waals surface area contributed by atoms with Gasteiger partial charge in [-0.25, -0.2) is 19.9 Å². The Bertz CT molecular complexity index is 530. The van der Waals surface area contributed by atoms with Gasteiger partial charge in [-0.3, -0.25) is 0 Å². The Labute approximate surface area is 111 Å². The number of hydrogen-bond acceptors (Lipinski definition) is 7. The SMILES string of the molecule is CNc1ncc(CN(C)c2cc(OC)ncn2)cn1. The number of anilines is 2. The standard InChI is InChI=1S/C12H16N6O/c1-13-12-14-5-9(6-15-12)7-18(2)10-4-11(19-3)17-8-16-10/h4-6,8H,7H2,1-3H3,(H,13,14,15). The van der Waals surface area contributed by atoms with Crippen LogP contribution < -0.4 is 15.0 Å². The molecule has 0 aromatic carbocycles. The van der Waals surface area contributed by atoms with Crippen LogP contribution in [-0.2, 0) is 6.54 Å². The summed E-state index contributed by atoms with van der Waals surface area (Å²) in [5.41, 5.74) is 0.999. The van der Waals surface area contributed by atoms with Crippen LogP contribution in [0.3, 0.4) is 0 Å². The average Bonchev–Trinajstić information content (AvgIpc) is 2.48. The summed E-state index contributed by atoms with van der Waals surface area (Å²) in [6.45, 7) is 0.657. The van der Waals surface area contributed by atoms with E-state index in [2.05, 4.69) is 25.3 Å². The molecule has 0 saturated heterocycles. The topological polar surface area (TPSA) is 76.1 Å². The molecule has 0 aliphatic heterocycles. The summed E-state index contributed by atoms with van der Waals surface area (Å²) in [5, 5.41) is 2.88. The molecule has 2 aromatic heterocycles. The molecule has 100 valence electrons. The molecule has 7 heteroatoms. The molecule has 19 heavy (non-hydrogen) atoms. The van der Waals surface area contributed by atoms with Crippen LogP contribution in [0.1, 0.15) is 5.56 Å². The fourth-order valence-electron chi connectivity index (χ4n) is 1.57. The molecule has 2 aromatic rings. The van der Waals surface area contributed by atoms with Gasteiger partial charge in [0.1, 0.15) is 12.1 Å². The van der Waals surface area contributed by atoms with Gasteiger partial charge in [-0.1, -0.05) is 0 Å². The largest absolute Gasteiger partial charge is 0.481 e. The molecule has 0 atom stereocenters. The van der Waals surface area contributed by atoms with Crippen LogP contribution in [0.15, 0.2) is 24.8 Å². The van der Waals surface area contributed by atoms with Crippen molar-refractivity contribution >= 4 is 11.8 Å². The zero-order valence-electron chi connectivity index (χ0n) is 11.2. The van der Waals surface area contributed by atoms with Crippen molar-refractivity contribution in [2.75, 3.05) is 31.4 Å². The minimum Gasteiger partial charge on any atom is -0.481 e. The molecule has 2 rings (SSSR count).